The molecule has 0 aliphatic heterocycles. The van der Waals surface area contributed by atoms with Gasteiger partial charge in [0.05, 0.1) is 6.07 Å². The molecule has 1 amide bonds. The van der Waals surface area contributed by atoms with Crippen molar-refractivity contribution in [3.05, 3.63) is 0 Å². The molecule has 0 aromatic rings. The Morgan fingerprint density at radius 3 is 2.57 bits per heavy atom. The summed E-state index contributed by atoms with van der Waals surface area (Å²) in [5.74, 6) is 7.04. The van der Waals surface area contributed by atoms with Gasteiger partial charge in [-0.25, -0.2) is 0 Å². The van der Waals surface area contributed by atoms with E-state index in [0.29, 0.717) is 0 Å². The summed E-state index contributed by atoms with van der Waals surface area (Å²) in [7, 11) is 0. The van der Waals surface area contributed by atoms with Gasteiger partial charge >= 0.3 is 0 Å². The third kappa shape index (κ3) is 2.73. The quantitative estimate of drug-likeness (QED) is 0.426. The molecule has 0 saturated heterocycles. The fraction of sp³-hybridized carbons (Fsp3) is 0.333. The molecule has 0 unspecified atom stereocenters. The number of nitrogens with one attached hydrogen (secondary N) is 1. The van der Waals surface area contributed by atoms with Gasteiger partial charge < -0.3 is 0 Å². The van der Waals surface area contributed by atoms with Crippen LogP contribution in [0.2, 0.25) is 0 Å². The summed E-state index contributed by atoms with van der Waals surface area (Å²) < 4.78 is 0. The predicted octanol–water partition coefficient (Wildman–Crippen LogP) is -1.00. The van der Waals surface area contributed by atoms with Crippen molar-refractivity contribution in [2.75, 3.05) is 0 Å². The Bertz CT molecular complexity index is 103. The van der Waals surface area contributed by atoms with E-state index in [-0.39, 0.29) is 6.42 Å². The lowest BCUT2D eigenvalue weighted by Crippen LogP contribution is -2.19. The molecule has 1 N–H and O–H groups in total. The Balaban J connectivity index is 3.23. The highest BCUT2D eigenvalue weighted by Crippen LogP contribution is 1.68. The van der Waals surface area contributed by atoms with E-state index >= 15 is 0 Å². The highest BCUT2D eigenvalue weighted by atomic mass is 16.2. The van der Waals surface area contributed by atoms with E-state index in [9.17, 15) is 4.79 Å². The summed E-state index contributed by atoms with van der Waals surface area (Å²) in [6, 6.07) is 1.55. The third-order valence-corrected chi connectivity index (χ3v) is 0.364. The van der Waals surface area contributed by atoms with E-state index < -0.39 is 5.91 Å². The standard InChI is InChI=1S/C3H3N3O/c4-2-1-3(7)6-5/h1H2,(H,6,7). The zero-order chi connectivity index (χ0) is 5.70. The Morgan fingerprint density at radius 1 is 1.86 bits per heavy atom. The predicted molar refractivity (Wildman–Crippen MR) is 20.5 cm³/mol. The lowest BCUT2D eigenvalue weighted by Gasteiger charge is -1.81. The van der Waals surface area contributed by atoms with Crippen molar-refractivity contribution >= 4 is 5.91 Å². The Morgan fingerprint density at radius 2 is 2.43 bits per heavy atom. The number of nitrogens with zero attached hydrogens (tertiary/aromatic N) is 2. The molecule has 0 fully saturated rings. The van der Waals surface area contributed by atoms with Gasteiger partial charge in [0.1, 0.15) is 6.42 Å². The largest absolute Gasteiger partial charge is 0.272 e. The fourth-order valence-corrected chi connectivity index (χ4v) is 0.111. The van der Waals surface area contributed by atoms with Gasteiger partial charge in [-0.3, -0.25) is 10.2 Å². The van der Waals surface area contributed by atoms with Crippen molar-refractivity contribution in [3.8, 4) is 6.07 Å². The average molecular weight is 97.1 g/mol. The van der Waals surface area contributed by atoms with Gasteiger partial charge in [-0.1, -0.05) is 0 Å². The number of rotatable bonds is 1. The third-order valence-electron chi connectivity index (χ3n) is 0.364. The van der Waals surface area contributed by atoms with E-state index in [1.807, 2.05) is 0 Å². The molecule has 7 heavy (non-hydrogen) atoms. The molecular formula is C3H3N3O. The van der Waals surface area contributed by atoms with Crippen LogP contribution < -0.4 is 11.3 Å². The van der Waals surface area contributed by atoms with E-state index in [2.05, 4.69) is 0 Å². The summed E-state index contributed by atoms with van der Waals surface area (Å²) in [6.07, 6.45) is -0.295. The summed E-state index contributed by atoms with van der Waals surface area (Å²) in [4.78, 5) is 9.83. The monoisotopic (exact) mass is 97.0 g/mol. The fourth-order valence-electron chi connectivity index (χ4n) is 0.111. The van der Waals surface area contributed by atoms with Crippen LogP contribution in [0.4, 0.5) is 0 Å². The van der Waals surface area contributed by atoms with E-state index in [0.717, 1.165) is 0 Å². The second-order valence-corrected chi connectivity index (χ2v) is 0.870. The zero-order valence-corrected chi connectivity index (χ0v) is 3.51. The van der Waals surface area contributed by atoms with Gasteiger partial charge in [0.2, 0.25) is 0 Å². The molecule has 0 heterocycles. The summed E-state index contributed by atoms with van der Waals surface area (Å²) in [6.45, 7) is 0. The number of carbonyl (C=O) groups is 1. The molecule has 0 aliphatic carbocycles. The van der Waals surface area contributed by atoms with Crippen LogP contribution in [-0.2, 0) is 4.79 Å². The van der Waals surface area contributed by atoms with E-state index in [1.165, 1.54) is 5.43 Å². The van der Waals surface area contributed by atoms with Crippen molar-refractivity contribution in [1.29, 1.82) is 5.26 Å². The first-order valence-corrected chi connectivity index (χ1v) is 1.61. The first-order valence-electron chi connectivity index (χ1n) is 1.61. The van der Waals surface area contributed by atoms with Crippen molar-refractivity contribution in [2.24, 2.45) is 0 Å². The highest BCUT2D eigenvalue weighted by Gasteiger charge is 1.92. The van der Waals surface area contributed by atoms with Crippen LogP contribution in [0.25, 0.3) is 0 Å². The van der Waals surface area contributed by atoms with Crippen LogP contribution >= 0.6 is 0 Å². The maximum absolute atomic E-state index is 9.83. The molecule has 0 saturated carbocycles. The Kier molecular flexibility index (Phi) is 2.64. The van der Waals surface area contributed by atoms with Crippen LogP contribution in [0, 0.1) is 11.3 Å². The van der Waals surface area contributed by atoms with E-state index in [1.54, 1.807) is 6.07 Å². The molecule has 0 rings (SSSR count). The molecule has 0 atom stereocenters. The Hall–Kier alpha value is -1.08. The molecule has 0 aromatic heterocycles. The molecule has 0 aromatic carbocycles. The van der Waals surface area contributed by atoms with E-state index in [4.69, 9.17) is 11.1 Å². The van der Waals surface area contributed by atoms with Gasteiger partial charge in [0.25, 0.3) is 5.91 Å². The SMILES string of the molecule is [N]NC(=O)CC#N. The maximum Gasteiger partial charge on any atom is 0.250 e. The maximum atomic E-state index is 9.83. The molecule has 0 aliphatic rings. The van der Waals surface area contributed by atoms with Crippen molar-refractivity contribution in [2.45, 2.75) is 6.42 Å². The van der Waals surface area contributed by atoms with Crippen LogP contribution in [0.15, 0.2) is 0 Å². The van der Waals surface area contributed by atoms with Crippen molar-refractivity contribution < 1.29 is 4.79 Å². The number of amides is 1. The molecule has 2 radical (unpaired) electrons. The average Bonchev–Trinajstić information content (AvgIpc) is 1.68. The molecule has 0 spiro atoms. The summed E-state index contributed by atoms with van der Waals surface area (Å²) >= 11 is 0. The lowest BCUT2D eigenvalue weighted by molar-refractivity contribution is -0.120. The minimum Gasteiger partial charge on any atom is -0.272 e. The first kappa shape index (κ1) is 5.92. The summed E-state index contributed by atoms with van der Waals surface area (Å²) in [5, 5.41) is 7.75. The Labute approximate surface area is 40.9 Å². The normalized spacial score (nSPS) is 6.86. The van der Waals surface area contributed by atoms with Gasteiger partial charge in [-0.15, -0.1) is 0 Å². The minimum atomic E-state index is -0.678. The van der Waals surface area contributed by atoms with Crippen LogP contribution in [-0.4, -0.2) is 5.91 Å². The van der Waals surface area contributed by atoms with Crippen LogP contribution in [0.1, 0.15) is 6.42 Å². The first-order chi connectivity index (χ1) is 3.31. The van der Waals surface area contributed by atoms with Crippen molar-refractivity contribution in [1.82, 2.24) is 11.3 Å². The molecule has 4 nitrogen and oxygen atoms in total. The number of carbonyl (C=O) groups excluding carboxylic acids is 1. The molecule has 0 bridgehead atoms. The van der Waals surface area contributed by atoms with Crippen molar-refractivity contribution in [3.63, 3.8) is 0 Å². The minimum absolute atomic E-state index is 0.295. The molecular weight excluding hydrogens is 94.1 g/mol. The highest BCUT2D eigenvalue weighted by molar-refractivity contribution is 5.77. The molecule has 36 valence electrons. The van der Waals surface area contributed by atoms with Gasteiger partial charge in [-0.2, -0.15) is 5.26 Å². The smallest absolute Gasteiger partial charge is 0.250 e. The second-order valence-electron chi connectivity index (χ2n) is 0.870. The summed E-state index contributed by atoms with van der Waals surface area (Å²) in [5.41, 5.74) is 1.30. The second kappa shape index (κ2) is 3.12. The van der Waals surface area contributed by atoms with Crippen LogP contribution in [0.3, 0.4) is 0 Å². The van der Waals surface area contributed by atoms with Crippen LogP contribution in [0.5, 0.6) is 0 Å². The number of nitriles is 1. The van der Waals surface area contributed by atoms with Gasteiger partial charge in [-0.05, 0) is 5.84 Å². The molecule has 4 heteroatoms. The van der Waals surface area contributed by atoms with Gasteiger partial charge in [0.15, 0.2) is 0 Å². The number of hydrogen-bond acceptors (Lipinski definition) is 2. The zero-order valence-electron chi connectivity index (χ0n) is 3.51. The number of hydrogen-bond donors (Lipinski definition) is 1. The lowest BCUT2D eigenvalue weighted by atomic mass is 10.5. The van der Waals surface area contributed by atoms with Gasteiger partial charge in [0, 0.05) is 0 Å². The topological polar surface area (TPSA) is 75.2 Å².